The number of carbonyl (C=O) groups excluding carboxylic acids is 1. The van der Waals surface area contributed by atoms with Crippen molar-refractivity contribution in [3.05, 3.63) is 29.1 Å². The number of halogens is 1. The zero-order chi connectivity index (χ0) is 15.4. The second-order valence-electron chi connectivity index (χ2n) is 5.92. The zero-order valence-electron chi connectivity index (χ0n) is 12.6. The molecular formula is C16H23FN2O2. The molecule has 1 aromatic carbocycles. The Labute approximate surface area is 124 Å². The molecule has 0 aliphatic heterocycles. The molecule has 3 N–H and O–H groups in total. The molecule has 1 aromatic rings. The van der Waals surface area contributed by atoms with Crippen LogP contribution in [0, 0.1) is 25.6 Å². The molecule has 1 aliphatic carbocycles. The molecule has 1 saturated carbocycles. The molecule has 0 spiro atoms. The normalized spacial score (nSPS) is 17.3. The number of anilines is 1. The van der Waals surface area contributed by atoms with E-state index < -0.39 is 11.9 Å². The quantitative estimate of drug-likeness (QED) is 0.590. The highest BCUT2D eigenvalue weighted by molar-refractivity contribution is 5.84. The highest BCUT2D eigenvalue weighted by atomic mass is 19.1. The molecule has 1 atom stereocenters. The van der Waals surface area contributed by atoms with E-state index >= 15 is 0 Å². The Morgan fingerprint density at radius 1 is 1.24 bits per heavy atom. The first-order valence-electron chi connectivity index (χ1n) is 7.50. The molecule has 0 unspecified atom stereocenters. The van der Waals surface area contributed by atoms with E-state index in [1.54, 1.807) is 31.5 Å². The molecule has 1 fully saturated rings. The number of hydroxylamine groups is 1. The van der Waals surface area contributed by atoms with Crippen molar-refractivity contribution < 1.29 is 14.4 Å². The van der Waals surface area contributed by atoms with Crippen molar-refractivity contribution in [1.29, 1.82) is 0 Å². The van der Waals surface area contributed by atoms with Crippen LogP contribution >= 0.6 is 0 Å². The second-order valence-corrected chi connectivity index (χ2v) is 5.92. The fourth-order valence-electron chi connectivity index (χ4n) is 3.14. The Bertz CT molecular complexity index is 490. The van der Waals surface area contributed by atoms with Gasteiger partial charge < -0.3 is 5.32 Å². The summed E-state index contributed by atoms with van der Waals surface area (Å²) in [6, 6.07) is 2.91. The molecule has 4 nitrogen and oxygen atoms in total. The Morgan fingerprint density at radius 2 is 1.81 bits per heavy atom. The lowest BCUT2D eigenvalue weighted by molar-refractivity contribution is -0.131. The summed E-state index contributed by atoms with van der Waals surface area (Å²) in [6.07, 6.45) is 5.32. The third-order valence-electron chi connectivity index (χ3n) is 4.27. The minimum absolute atomic E-state index is 0.191. The first-order chi connectivity index (χ1) is 10.0. The maximum atomic E-state index is 13.7. The number of benzene rings is 1. The molecule has 5 heteroatoms. The van der Waals surface area contributed by atoms with E-state index in [0.717, 1.165) is 25.7 Å². The standard InChI is InChI=1S/C16H23FN2O2/c1-10-8-13(9-11(2)14(10)17)18-15(16(20)19-21)12-6-4-3-5-7-12/h8-9,12,15,18,21H,3-7H2,1-2H3,(H,19,20)/t15-/m1/s1. The molecule has 0 radical (unpaired) electrons. The molecule has 0 saturated heterocycles. The monoisotopic (exact) mass is 294 g/mol. The highest BCUT2D eigenvalue weighted by Crippen LogP contribution is 2.29. The second kappa shape index (κ2) is 6.89. The summed E-state index contributed by atoms with van der Waals surface area (Å²) in [6.45, 7) is 3.41. The first-order valence-corrected chi connectivity index (χ1v) is 7.50. The van der Waals surface area contributed by atoms with E-state index in [9.17, 15) is 9.18 Å². The van der Waals surface area contributed by atoms with Gasteiger partial charge in [-0.2, -0.15) is 0 Å². The Morgan fingerprint density at radius 3 is 2.33 bits per heavy atom. The fraction of sp³-hybridized carbons (Fsp3) is 0.562. The minimum atomic E-state index is -0.487. The van der Waals surface area contributed by atoms with Crippen LogP contribution in [0.15, 0.2) is 12.1 Å². The van der Waals surface area contributed by atoms with Crippen LogP contribution in [0.1, 0.15) is 43.2 Å². The Balaban J connectivity index is 2.20. The maximum Gasteiger partial charge on any atom is 0.266 e. The average Bonchev–Trinajstić information content (AvgIpc) is 2.50. The molecule has 2 rings (SSSR count). The lowest BCUT2D eigenvalue weighted by Gasteiger charge is -2.30. The molecule has 116 valence electrons. The van der Waals surface area contributed by atoms with Crippen LogP contribution in [0.2, 0.25) is 0 Å². The number of amides is 1. The summed E-state index contributed by atoms with van der Waals surface area (Å²) < 4.78 is 13.7. The van der Waals surface area contributed by atoms with Crippen molar-refractivity contribution in [2.24, 2.45) is 5.92 Å². The summed E-state index contributed by atoms with van der Waals surface area (Å²) in [7, 11) is 0. The Kier molecular flexibility index (Phi) is 5.17. The summed E-state index contributed by atoms with van der Waals surface area (Å²) in [5, 5.41) is 12.1. The average molecular weight is 294 g/mol. The van der Waals surface area contributed by atoms with Crippen LogP contribution in [-0.4, -0.2) is 17.2 Å². The third-order valence-corrected chi connectivity index (χ3v) is 4.27. The van der Waals surface area contributed by atoms with Gasteiger partial charge >= 0.3 is 0 Å². The molecule has 0 aromatic heterocycles. The van der Waals surface area contributed by atoms with Gasteiger partial charge in [0.1, 0.15) is 11.9 Å². The number of nitrogens with one attached hydrogen (secondary N) is 2. The smallest absolute Gasteiger partial charge is 0.266 e. The van der Waals surface area contributed by atoms with Crippen LogP contribution < -0.4 is 10.8 Å². The first kappa shape index (κ1) is 15.8. The van der Waals surface area contributed by atoms with E-state index in [1.807, 2.05) is 0 Å². The van der Waals surface area contributed by atoms with Crippen molar-refractivity contribution in [3.63, 3.8) is 0 Å². The fourth-order valence-corrected chi connectivity index (χ4v) is 3.14. The predicted molar refractivity (Wildman–Crippen MR) is 79.8 cm³/mol. The third kappa shape index (κ3) is 3.73. The molecular weight excluding hydrogens is 271 g/mol. The summed E-state index contributed by atoms with van der Waals surface area (Å²) in [5.74, 6) is -0.459. The van der Waals surface area contributed by atoms with Gasteiger partial charge in [-0.1, -0.05) is 19.3 Å². The van der Waals surface area contributed by atoms with Crippen molar-refractivity contribution in [2.75, 3.05) is 5.32 Å². The van der Waals surface area contributed by atoms with Gasteiger partial charge in [-0.15, -0.1) is 0 Å². The molecule has 1 amide bonds. The lowest BCUT2D eigenvalue weighted by atomic mass is 9.83. The van der Waals surface area contributed by atoms with Gasteiger partial charge in [-0.25, -0.2) is 9.87 Å². The lowest BCUT2D eigenvalue weighted by Crippen LogP contribution is -2.44. The number of hydrogen-bond acceptors (Lipinski definition) is 3. The van der Waals surface area contributed by atoms with E-state index in [4.69, 9.17) is 5.21 Å². The van der Waals surface area contributed by atoms with Gasteiger partial charge in [0.2, 0.25) is 0 Å². The van der Waals surface area contributed by atoms with Crippen LogP contribution in [-0.2, 0) is 4.79 Å². The summed E-state index contributed by atoms with van der Waals surface area (Å²) in [4.78, 5) is 12.0. The van der Waals surface area contributed by atoms with E-state index in [1.165, 1.54) is 6.42 Å². The van der Waals surface area contributed by atoms with Crippen molar-refractivity contribution >= 4 is 11.6 Å². The van der Waals surface area contributed by atoms with Gasteiger partial charge in [0, 0.05) is 5.69 Å². The largest absolute Gasteiger partial charge is 0.373 e. The molecule has 1 aliphatic rings. The molecule has 0 bridgehead atoms. The van der Waals surface area contributed by atoms with E-state index in [2.05, 4.69) is 5.32 Å². The number of aryl methyl sites for hydroxylation is 2. The SMILES string of the molecule is Cc1cc(N[C@@H](C(=O)NO)C2CCCCC2)cc(C)c1F. The number of carbonyl (C=O) groups is 1. The molecule has 21 heavy (non-hydrogen) atoms. The summed E-state index contributed by atoms with van der Waals surface area (Å²) >= 11 is 0. The zero-order valence-corrected chi connectivity index (χ0v) is 12.6. The predicted octanol–water partition coefficient (Wildman–Crippen LogP) is 3.31. The van der Waals surface area contributed by atoms with E-state index in [0.29, 0.717) is 16.8 Å². The van der Waals surface area contributed by atoms with Gasteiger partial charge in [0.15, 0.2) is 0 Å². The number of hydrogen-bond donors (Lipinski definition) is 3. The van der Waals surface area contributed by atoms with Crippen LogP contribution in [0.5, 0.6) is 0 Å². The van der Waals surface area contributed by atoms with Gasteiger partial charge in [0.25, 0.3) is 5.91 Å². The van der Waals surface area contributed by atoms with Crippen LogP contribution in [0.4, 0.5) is 10.1 Å². The van der Waals surface area contributed by atoms with Crippen molar-refractivity contribution in [2.45, 2.75) is 52.0 Å². The van der Waals surface area contributed by atoms with Gasteiger partial charge in [-0.3, -0.25) is 10.0 Å². The molecule has 0 heterocycles. The van der Waals surface area contributed by atoms with E-state index in [-0.39, 0.29) is 11.7 Å². The van der Waals surface area contributed by atoms with Gasteiger partial charge in [-0.05, 0) is 55.9 Å². The minimum Gasteiger partial charge on any atom is -0.373 e. The van der Waals surface area contributed by atoms with Crippen molar-refractivity contribution in [3.8, 4) is 0 Å². The van der Waals surface area contributed by atoms with Crippen LogP contribution in [0.25, 0.3) is 0 Å². The van der Waals surface area contributed by atoms with Gasteiger partial charge in [0.05, 0.1) is 0 Å². The van der Waals surface area contributed by atoms with Crippen LogP contribution in [0.3, 0.4) is 0 Å². The maximum absolute atomic E-state index is 13.7. The summed E-state index contributed by atoms with van der Waals surface area (Å²) in [5.41, 5.74) is 3.55. The number of rotatable bonds is 4. The Hall–Kier alpha value is -1.62. The topological polar surface area (TPSA) is 61.4 Å². The van der Waals surface area contributed by atoms with Crippen molar-refractivity contribution in [1.82, 2.24) is 5.48 Å². The highest BCUT2D eigenvalue weighted by Gasteiger charge is 2.29.